The molecule has 0 radical (unpaired) electrons. The number of nitrogens with two attached hydrogens (primary N) is 1. The van der Waals surface area contributed by atoms with Crippen LogP contribution in [0, 0.1) is 0 Å². The minimum Gasteiger partial charge on any atom is -0.383 e. The second-order valence-electron chi connectivity index (χ2n) is 16.1. The van der Waals surface area contributed by atoms with Gasteiger partial charge in [-0.2, -0.15) is 0 Å². The third-order valence-corrected chi connectivity index (χ3v) is 12.6. The standard InChI is InChI=1S/C57H45N5/c58-55(61-56(42-18-6-2-7-19-42)60-38-39-16-4-1-5-17-39)41-31-29-40(30-32-41)43-20-14-21-44(36-43)45-33-34-47-48-24-15-35-59-54(48)57(51(47)37-45)49-25-10-12-27-52(49)62(46-22-8-3-9-23-46)53-28-13-11-26-50(53)57/h1-34,36-37,55,59H,35,38,58H2,(H,60,61). The average molecular weight is 800 g/mol. The Balaban J connectivity index is 0.943. The summed E-state index contributed by atoms with van der Waals surface area (Å²) in [5.41, 5.74) is 25.2. The molecule has 0 bridgehead atoms. The molecule has 4 N–H and O–H groups in total. The third-order valence-electron chi connectivity index (χ3n) is 12.6. The number of aliphatic imine (C=N–C) groups is 1. The molecule has 2 heterocycles. The Labute approximate surface area is 363 Å². The summed E-state index contributed by atoms with van der Waals surface area (Å²) in [5, 5.41) is 7.42. The molecule has 1 unspecified atom stereocenters. The van der Waals surface area contributed by atoms with Crippen LogP contribution in [0.15, 0.2) is 229 Å². The van der Waals surface area contributed by atoms with E-state index in [1.54, 1.807) is 0 Å². The summed E-state index contributed by atoms with van der Waals surface area (Å²) >= 11 is 0. The lowest BCUT2D eigenvalue weighted by Gasteiger charge is -2.46. The van der Waals surface area contributed by atoms with Gasteiger partial charge in [0.05, 0.1) is 23.3 Å². The van der Waals surface area contributed by atoms with Crippen LogP contribution in [0.1, 0.15) is 45.1 Å². The normalized spacial score (nSPS) is 15.0. The molecule has 2 aliphatic heterocycles. The van der Waals surface area contributed by atoms with E-state index in [4.69, 9.17) is 10.7 Å². The summed E-state index contributed by atoms with van der Waals surface area (Å²) in [5.74, 6) is 0.770. The van der Waals surface area contributed by atoms with Crippen LogP contribution in [0.5, 0.6) is 0 Å². The Morgan fingerprint density at radius 3 is 1.90 bits per heavy atom. The van der Waals surface area contributed by atoms with E-state index in [1.807, 2.05) is 36.4 Å². The molecule has 3 aliphatic rings. The van der Waals surface area contributed by atoms with Crippen LogP contribution in [-0.4, -0.2) is 12.4 Å². The molecule has 0 amide bonds. The van der Waals surface area contributed by atoms with Crippen LogP contribution < -0.4 is 21.3 Å². The quantitative estimate of drug-likeness (QED) is 0.0814. The van der Waals surface area contributed by atoms with E-state index < -0.39 is 11.6 Å². The maximum absolute atomic E-state index is 6.83. The average Bonchev–Trinajstić information content (AvgIpc) is 3.64. The van der Waals surface area contributed by atoms with E-state index in [1.165, 1.54) is 56.0 Å². The molecule has 0 aromatic heterocycles. The summed E-state index contributed by atoms with van der Waals surface area (Å²) in [6.07, 6.45) is 4.12. The van der Waals surface area contributed by atoms with Gasteiger partial charge in [0, 0.05) is 29.1 Å². The molecule has 5 nitrogen and oxygen atoms in total. The number of dihydropyridines is 1. The van der Waals surface area contributed by atoms with E-state index in [2.05, 4.69) is 198 Å². The zero-order valence-electron chi connectivity index (χ0n) is 34.2. The predicted molar refractivity (Wildman–Crippen MR) is 256 cm³/mol. The van der Waals surface area contributed by atoms with Crippen molar-refractivity contribution in [3.8, 4) is 22.3 Å². The van der Waals surface area contributed by atoms with Crippen LogP contribution in [0.25, 0.3) is 27.8 Å². The van der Waals surface area contributed by atoms with Crippen molar-refractivity contribution >= 4 is 28.5 Å². The molecule has 0 fully saturated rings. The number of nitrogens with zero attached hydrogens (tertiary/aromatic N) is 2. The van der Waals surface area contributed by atoms with Crippen LogP contribution in [-0.2, 0) is 12.0 Å². The minimum absolute atomic E-state index is 0.442. The molecule has 298 valence electrons. The van der Waals surface area contributed by atoms with Gasteiger partial charge >= 0.3 is 0 Å². The highest BCUT2D eigenvalue weighted by molar-refractivity contribution is 5.99. The number of hydrogen-bond acceptors (Lipinski definition) is 4. The summed E-state index contributed by atoms with van der Waals surface area (Å²) in [6, 6.07) is 73.7. The molecular formula is C57H45N5. The van der Waals surface area contributed by atoms with E-state index in [9.17, 15) is 0 Å². The fourth-order valence-corrected chi connectivity index (χ4v) is 9.70. The fraction of sp³-hybridized carbons (Fsp3) is 0.0702. The molecule has 0 saturated carbocycles. The van der Waals surface area contributed by atoms with Crippen molar-refractivity contribution in [2.24, 2.45) is 10.7 Å². The van der Waals surface area contributed by atoms with Gasteiger partial charge in [0.25, 0.3) is 0 Å². The van der Waals surface area contributed by atoms with Gasteiger partial charge in [-0.25, -0.2) is 0 Å². The number of anilines is 3. The van der Waals surface area contributed by atoms with Crippen molar-refractivity contribution in [2.45, 2.75) is 18.1 Å². The number of benzene rings is 8. The first-order valence-electron chi connectivity index (χ1n) is 21.4. The van der Waals surface area contributed by atoms with Gasteiger partial charge in [-0.1, -0.05) is 182 Å². The van der Waals surface area contributed by atoms with Crippen LogP contribution >= 0.6 is 0 Å². The number of fused-ring (bicyclic) bond motifs is 8. The first-order valence-corrected chi connectivity index (χ1v) is 21.4. The van der Waals surface area contributed by atoms with Gasteiger partial charge in [-0.05, 0) is 92.0 Å². The Morgan fingerprint density at radius 2 is 1.19 bits per heavy atom. The van der Waals surface area contributed by atoms with Crippen molar-refractivity contribution in [3.63, 3.8) is 0 Å². The van der Waals surface area contributed by atoms with Crippen LogP contribution in [0.2, 0.25) is 0 Å². The Morgan fingerprint density at radius 1 is 0.597 bits per heavy atom. The van der Waals surface area contributed by atoms with Gasteiger partial charge < -0.3 is 21.3 Å². The molecule has 1 aliphatic carbocycles. The van der Waals surface area contributed by atoms with Gasteiger partial charge in [0.2, 0.25) is 0 Å². The Hall–Kier alpha value is -7.73. The lowest BCUT2D eigenvalue weighted by Crippen LogP contribution is -2.41. The van der Waals surface area contributed by atoms with Gasteiger partial charge in [-0.3, -0.25) is 4.99 Å². The highest BCUT2D eigenvalue weighted by Crippen LogP contribution is 2.62. The molecular weight excluding hydrogens is 755 g/mol. The molecule has 62 heavy (non-hydrogen) atoms. The fourth-order valence-electron chi connectivity index (χ4n) is 9.70. The van der Waals surface area contributed by atoms with Crippen molar-refractivity contribution < 1.29 is 0 Å². The Bertz CT molecular complexity index is 2980. The second-order valence-corrected chi connectivity index (χ2v) is 16.1. The molecule has 8 aromatic rings. The summed E-state index contributed by atoms with van der Waals surface area (Å²) in [6.45, 7) is 1.34. The van der Waals surface area contributed by atoms with Gasteiger partial charge in [-0.15, -0.1) is 0 Å². The van der Waals surface area contributed by atoms with Crippen molar-refractivity contribution in [2.75, 3.05) is 11.4 Å². The number of allylic oxidation sites excluding steroid dienone is 3. The monoisotopic (exact) mass is 799 g/mol. The predicted octanol–water partition coefficient (Wildman–Crippen LogP) is 12.2. The first kappa shape index (κ1) is 37.3. The van der Waals surface area contributed by atoms with Crippen LogP contribution in [0.3, 0.4) is 0 Å². The van der Waals surface area contributed by atoms with E-state index in [-0.39, 0.29) is 0 Å². The molecule has 5 heteroatoms. The van der Waals surface area contributed by atoms with Crippen molar-refractivity contribution in [1.29, 1.82) is 0 Å². The van der Waals surface area contributed by atoms with Gasteiger partial charge in [0.15, 0.2) is 0 Å². The third kappa shape index (κ3) is 6.34. The Kier molecular flexibility index (Phi) is 9.44. The summed E-state index contributed by atoms with van der Waals surface area (Å²) in [4.78, 5) is 7.38. The molecule has 1 spiro atoms. The van der Waals surface area contributed by atoms with Crippen molar-refractivity contribution in [1.82, 2.24) is 10.6 Å². The lowest BCUT2D eigenvalue weighted by atomic mass is 9.65. The van der Waals surface area contributed by atoms with E-state index in [0.717, 1.165) is 45.9 Å². The molecule has 1 atom stereocenters. The maximum Gasteiger partial charge on any atom is 0.130 e. The largest absolute Gasteiger partial charge is 0.383 e. The molecule has 8 aromatic carbocycles. The first-order chi connectivity index (χ1) is 30.7. The zero-order valence-corrected chi connectivity index (χ0v) is 34.2. The number of hydrogen-bond donors (Lipinski definition) is 3. The van der Waals surface area contributed by atoms with Crippen LogP contribution in [0.4, 0.5) is 17.1 Å². The maximum atomic E-state index is 6.83. The summed E-state index contributed by atoms with van der Waals surface area (Å²) < 4.78 is 0. The molecule has 11 rings (SSSR count). The van der Waals surface area contributed by atoms with Gasteiger partial charge in [0.1, 0.15) is 12.0 Å². The highest BCUT2D eigenvalue weighted by Gasteiger charge is 2.53. The van der Waals surface area contributed by atoms with E-state index in [0.29, 0.717) is 6.54 Å². The number of rotatable bonds is 8. The van der Waals surface area contributed by atoms with Crippen molar-refractivity contribution in [3.05, 3.63) is 263 Å². The SMILES string of the molecule is NC(NC(=NCc1ccccc1)c1ccccc1)c1ccc(-c2cccc(-c3ccc4c(c3)C3(C5=C4C=CCN5)c4ccccc4N(c4ccccc4)c4ccccc43)c2)cc1. The smallest absolute Gasteiger partial charge is 0.130 e. The zero-order chi connectivity index (χ0) is 41.5. The summed E-state index contributed by atoms with van der Waals surface area (Å²) in [7, 11) is 0. The number of para-hydroxylation sites is 3. The number of nitrogens with one attached hydrogen (secondary N) is 2. The minimum atomic E-state index is -0.531. The highest BCUT2D eigenvalue weighted by atomic mass is 15.2. The number of amidine groups is 1. The van der Waals surface area contributed by atoms with E-state index >= 15 is 0 Å². The topological polar surface area (TPSA) is 65.7 Å². The second kappa shape index (κ2) is 15.7. The molecule has 0 saturated heterocycles. The lowest BCUT2D eigenvalue weighted by molar-refractivity contribution is 0.659.